The van der Waals surface area contributed by atoms with Crippen LogP contribution in [0.15, 0.2) is 24.3 Å². The molecule has 1 saturated carbocycles. The summed E-state index contributed by atoms with van der Waals surface area (Å²) in [7, 11) is 0. The van der Waals surface area contributed by atoms with E-state index in [0.717, 1.165) is 30.9 Å². The quantitative estimate of drug-likeness (QED) is 0.265. The monoisotopic (exact) mass is 515 g/mol. The van der Waals surface area contributed by atoms with E-state index in [9.17, 15) is 4.79 Å². The van der Waals surface area contributed by atoms with Gasteiger partial charge in [0.05, 0.1) is 18.9 Å². The van der Waals surface area contributed by atoms with E-state index in [1.807, 2.05) is 17.1 Å². The molecule has 0 spiro atoms. The summed E-state index contributed by atoms with van der Waals surface area (Å²) >= 11 is 6.31. The van der Waals surface area contributed by atoms with Crippen LogP contribution < -0.4 is 16.1 Å². The molecule has 36 heavy (non-hydrogen) atoms. The second-order valence-corrected chi connectivity index (χ2v) is 10.1. The third-order valence-electron chi connectivity index (χ3n) is 6.78. The molecule has 10 nitrogen and oxygen atoms in total. The molecule has 0 unspecified atom stereocenters. The molecule has 2 aromatic rings. The Kier molecular flexibility index (Phi) is 8.60. The van der Waals surface area contributed by atoms with Crippen molar-refractivity contribution in [3.05, 3.63) is 35.1 Å². The summed E-state index contributed by atoms with van der Waals surface area (Å²) < 4.78 is 5.57. The number of nitrogens with zero attached hydrogens (tertiary/aromatic N) is 3. The Balaban J connectivity index is 1.75. The van der Waals surface area contributed by atoms with E-state index >= 15 is 0 Å². The van der Waals surface area contributed by atoms with Crippen molar-refractivity contribution in [3.8, 4) is 11.3 Å². The first-order valence-electron chi connectivity index (χ1n) is 12.4. The Morgan fingerprint density at radius 2 is 2.03 bits per heavy atom. The van der Waals surface area contributed by atoms with Crippen LogP contribution in [0, 0.1) is 17.2 Å². The van der Waals surface area contributed by atoms with Crippen LogP contribution in [0.1, 0.15) is 45.4 Å². The average Bonchev–Trinajstić information content (AvgIpc) is 2.85. The summed E-state index contributed by atoms with van der Waals surface area (Å²) in [6.45, 7) is 6.93. The first-order valence-corrected chi connectivity index (χ1v) is 12.8. The highest BCUT2D eigenvalue weighted by Gasteiger charge is 2.25. The summed E-state index contributed by atoms with van der Waals surface area (Å²) in [5.74, 6) is 1.34. The van der Waals surface area contributed by atoms with Crippen molar-refractivity contribution >= 4 is 35.0 Å². The van der Waals surface area contributed by atoms with Crippen LogP contribution in [-0.4, -0.2) is 64.4 Å². The summed E-state index contributed by atoms with van der Waals surface area (Å²) in [5.41, 5.74) is 5.39. The Bertz CT molecular complexity index is 1090. The number of ether oxygens (including phenoxy) is 1. The van der Waals surface area contributed by atoms with E-state index < -0.39 is 11.9 Å². The topological polar surface area (TPSA) is 135 Å². The SMILES string of the molecule is C[C@@H]1COCCN1Nc1nc(C(=N)NC(=O)O)nc(-c2cccc(Cl)c2)c1NC[C@H]1CC[C@H](C)CC1. The standard InChI is InChI=1S/C25H34ClN7O3/c1-15-6-8-17(9-7-15)13-28-21-20(18-4-3-5-19(26)12-18)29-24(22(27)30-25(34)35)31-23(21)32-33-10-11-36-14-16(33)2/h3-5,12,15-17,28H,6-11,13-14H2,1-2H3,(H2,27,30)(H,34,35)(H,29,31,32)/t15-,16-,17-/m1/s1. The molecule has 0 radical (unpaired) electrons. The summed E-state index contributed by atoms with van der Waals surface area (Å²) in [5, 5.41) is 25.7. The lowest BCUT2D eigenvalue weighted by Gasteiger charge is -2.34. The van der Waals surface area contributed by atoms with Crippen LogP contribution in [0.3, 0.4) is 0 Å². The molecule has 2 fully saturated rings. The molecule has 2 aliphatic rings. The number of halogens is 1. The average molecular weight is 516 g/mol. The van der Waals surface area contributed by atoms with E-state index in [1.165, 1.54) is 12.8 Å². The van der Waals surface area contributed by atoms with Gasteiger partial charge in [0.15, 0.2) is 17.5 Å². The summed E-state index contributed by atoms with van der Waals surface area (Å²) in [6, 6.07) is 7.41. The second kappa shape index (κ2) is 11.9. The Labute approximate surface area is 216 Å². The zero-order valence-corrected chi connectivity index (χ0v) is 21.4. The van der Waals surface area contributed by atoms with Gasteiger partial charge < -0.3 is 20.6 Å². The zero-order valence-electron chi connectivity index (χ0n) is 20.7. The van der Waals surface area contributed by atoms with Gasteiger partial charge in [0, 0.05) is 29.7 Å². The first-order chi connectivity index (χ1) is 17.3. The molecule has 1 aliphatic heterocycles. The number of carbonyl (C=O) groups is 1. The highest BCUT2D eigenvalue weighted by molar-refractivity contribution is 6.30. The first kappa shape index (κ1) is 26.1. The Morgan fingerprint density at radius 3 is 2.72 bits per heavy atom. The van der Waals surface area contributed by atoms with Crippen LogP contribution in [-0.2, 0) is 4.74 Å². The predicted octanol–water partition coefficient (Wildman–Crippen LogP) is 4.68. The molecular weight excluding hydrogens is 482 g/mol. The van der Waals surface area contributed by atoms with Gasteiger partial charge in [-0.25, -0.2) is 19.8 Å². The molecule has 194 valence electrons. The maximum Gasteiger partial charge on any atom is 0.410 e. The largest absolute Gasteiger partial charge is 0.465 e. The fourth-order valence-corrected chi connectivity index (χ4v) is 4.83. The molecule has 4 rings (SSSR count). The molecule has 1 amide bonds. The fraction of sp³-hybridized carbons (Fsp3) is 0.520. The lowest BCUT2D eigenvalue weighted by Crippen LogP contribution is -2.47. The van der Waals surface area contributed by atoms with Gasteiger partial charge in [-0.15, -0.1) is 0 Å². The number of amides is 1. The van der Waals surface area contributed by atoms with Gasteiger partial charge >= 0.3 is 6.09 Å². The third-order valence-corrected chi connectivity index (χ3v) is 7.02. The van der Waals surface area contributed by atoms with Crippen LogP contribution >= 0.6 is 11.6 Å². The molecule has 1 aromatic heterocycles. The van der Waals surface area contributed by atoms with Gasteiger partial charge in [0.2, 0.25) is 0 Å². The zero-order chi connectivity index (χ0) is 25.7. The van der Waals surface area contributed by atoms with Crippen molar-refractivity contribution in [1.29, 1.82) is 5.41 Å². The summed E-state index contributed by atoms with van der Waals surface area (Å²) in [4.78, 5) is 20.4. The minimum absolute atomic E-state index is 0.0344. The van der Waals surface area contributed by atoms with E-state index in [2.05, 4.69) is 39.9 Å². The van der Waals surface area contributed by atoms with Crippen LogP contribution in [0.4, 0.5) is 16.3 Å². The number of amidine groups is 1. The number of rotatable bonds is 7. The minimum atomic E-state index is -1.35. The number of hydrogen-bond acceptors (Lipinski definition) is 8. The number of morpholine rings is 1. The van der Waals surface area contributed by atoms with Crippen LogP contribution in [0.5, 0.6) is 0 Å². The van der Waals surface area contributed by atoms with Gasteiger partial charge in [-0.2, -0.15) is 0 Å². The predicted molar refractivity (Wildman–Crippen MR) is 141 cm³/mol. The number of anilines is 2. The van der Waals surface area contributed by atoms with Gasteiger partial charge in [-0.05, 0) is 43.7 Å². The highest BCUT2D eigenvalue weighted by Crippen LogP contribution is 2.35. The normalized spacial score (nSPS) is 22.6. The molecule has 5 N–H and O–H groups in total. The maximum absolute atomic E-state index is 11.2. The van der Waals surface area contributed by atoms with Gasteiger partial charge in [0.25, 0.3) is 0 Å². The van der Waals surface area contributed by atoms with Crippen molar-refractivity contribution < 1.29 is 14.6 Å². The second-order valence-electron chi connectivity index (χ2n) is 9.67. The molecule has 1 aliphatic carbocycles. The molecule has 11 heteroatoms. The van der Waals surface area contributed by atoms with Gasteiger partial charge in [-0.1, -0.05) is 43.5 Å². The maximum atomic E-state index is 11.2. The summed E-state index contributed by atoms with van der Waals surface area (Å²) in [6.07, 6.45) is 3.42. The molecular formula is C25H34ClN7O3. The molecule has 2 heterocycles. The van der Waals surface area contributed by atoms with Crippen LogP contribution in [0.25, 0.3) is 11.3 Å². The van der Waals surface area contributed by atoms with Crippen molar-refractivity contribution in [1.82, 2.24) is 20.3 Å². The van der Waals surface area contributed by atoms with Gasteiger partial charge in [0.1, 0.15) is 5.69 Å². The number of carboxylic acid groups (broad SMARTS) is 1. The highest BCUT2D eigenvalue weighted by atomic mass is 35.5. The number of nitrogens with one attached hydrogen (secondary N) is 4. The number of hydrazine groups is 1. The smallest absolute Gasteiger partial charge is 0.410 e. The lowest BCUT2D eigenvalue weighted by molar-refractivity contribution is 0.0122. The van der Waals surface area contributed by atoms with E-state index in [1.54, 1.807) is 12.1 Å². The van der Waals surface area contributed by atoms with Crippen LogP contribution in [0.2, 0.25) is 5.02 Å². The van der Waals surface area contributed by atoms with Crippen molar-refractivity contribution in [2.24, 2.45) is 11.8 Å². The van der Waals surface area contributed by atoms with Crippen molar-refractivity contribution in [2.45, 2.75) is 45.6 Å². The Hall–Kier alpha value is -2.95. The number of aromatic nitrogens is 2. The Morgan fingerprint density at radius 1 is 1.25 bits per heavy atom. The molecule has 1 atom stereocenters. The lowest BCUT2D eigenvalue weighted by atomic mass is 9.83. The fourth-order valence-electron chi connectivity index (χ4n) is 4.64. The minimum Gasteiger partial charge on any atom is -0.465 e. The van der Waals surface area contributed by atoms with E-state index in [0.29, 0.717) is 47.9 Å². The van der Waals surface area contributed by atoms with E-state index in [4.69, 9.17) is 26.9 Å². The van der Waals surface area contributed by atoms with Gasteiger partial charge in [-0.3, -0.25) is 10.7 Å². The van der Waals surface area contributed by atoms with Crippen molar-refractivity contribution in [2.75, 3.05) is 37.0 Å². The number of hydrogen-bond donors (Lipinski definition) is 5. The van der Waals surface area contributed by atoms with Crippen molar-refractivity contribution in [3.63, 3.8) is 0 Å². The van der Waals surface area contributed by atoms with E-state index in [-0.39, 0.29) is 11.9 Å². The molecule has 1 saturated heterocycles. The number of benzene rings is 1. The molecule has 0 bridgehead atoms. The third kappa shape index (κ3) is 6.63. The molecule has 1 aromatic carbocycles.